The minimum atomic E-state index is -0.760. The molecular weight excluding hydrogens is 388 g/mol. The van der Waals surface area contributed by atoms with Gasteiger partial charge in [0.05, 0.1) is 6.26 Å². The van der Waals surface area contributed by atoms with Crippen molar-refractivity contribution in [2.75, 3.05) is 17.2 Å². The normalized spacial score (nSPS) is 17.3. The van der Waals surface area contributed by atoms with E-state index in [2.05, 4.69) is 16.0 Å². The summed E-state index contributed by atoms with van der Waals surface area (Å²) in [6, 6.07) is 9.36. The molecule has 1 saturated carbocycles. The first-order valence-corrected chi connectivity index (χ1v) is 9.86. The van der Waals surface area contributed by atoms with Gasteiger partial charge in [0, 0.05) is 24.3 Å². The molecule has 1 spiro atoms. The lowest BCUT2D eigenvalue weighted by Gasteiger charge is -2.19. The molecule has 1 aliphatic heterocycles. The lowest BCUT2D eigenvalue weighted by molar-refractivity contribution is -0.131. The quantitative estimate of drug-likeness (QED) is 0.633. The third-order valence-electron chi connectivity index (χ3n) is 5.44. The molecule has 0 unspecified atom stereocenters. The van der Waals surface area contributed by atoms with Crippen LogP contribution in [0.15, 0.2) is 47.1 Å². The highest BCUT2D eigenvalue weighted by Gasteiger charge is 2.52. The second kappa shape index (κ2) is 8.02. The number of carbonyl (C=O) groups excluding carboxylic acids is 4. The molecule has 5 amide bonds. The zero-order chi connectivity index (χ0) is 21.1. The average molecular weight is 410 g/mol. The van der Waals surface area contributed by atoms with Crippen LogP contribution in [0.5, 0.6) is 0 Å². The molecule has 1 saturated heterocycles. The third kappa shape index (κ3) is 3.91. The maximum Gasteiger partial charge on any atom is 0.325 e. The molecule has 0 radical (unpaired) electrons. The van der Waals surface area contributed by atoms with Crippen LogP contribution < -0.4 is 16.0 Å². The highest BCUT2D eigenvalue weighted by Crippen LogP contribution is 2.35. The molecule has 2 heterocycles. The number of nitrogens with zero attached hydrogens (tertiary/aromatic N) is 1. The molecule has 30 heavy (non-hydrogen) atoms. The standard InChI is InChI=1S/C21H22N4O5/c26-17(9-12-25-19(28)21(24-20(25)29)10-1-2-11-21)22-14-5-7-15(8-6-14)23-18(27)16-4-3-13-30-16/h3-8,13H,1-2,9-12H2,(H,22,26)(H,23,27)(H,24,29). The third-order valence-corrected chi connectivity index (χ3v) is 5.44. The Kier molecular flexibility index (Phi) is 5.26. The fourth-order valence-corrected chi connectivity index (χ4v) is 3.87. The van der Waals surface area contributed by atoms with Gasteiger partial charge in [0.15, 0.2) is 5.76 Å². The second-order valence-corrected chi connectivity index (χ2v) is 7.48. The highest BCUT2D eigenvalue weighted by molar-refractivity contribution is 6.07. The molecule has 2 fully saturated rings. The Hall–Kier alpha value is -3.62. The Morgan fingerprint density at radius 1 is 1.03 bits per heavy atom. The van der Waals surface area contributed by atoms with E-state index in [4.69, 9.17) is 4.42 Å². The van der Waals surface area contributed by atoms with Gasteiger partial charge in [-0.15, -0.1) is 0 Å². The van der Waals surface area contributed by atoms with Crippen molar-refractivity contribution >= 4 is 35.1 Å². The van der Waals surface area contributed by atoms with Crippen LogP contribution in [0.1, 0.15) is 42.7 Å². The summed E-state index contributed by atoms with van der Waals surface area (Å²) in [6.07, 6.45) is 4.56. The Morgan fingerprint density at radius 3 is 2.33 bits per heavy atom. The van der Waals surface area contributed by atoms with Crippen LogP contribution in [-0.2, 0) is 9.59 Å². The molecule has 0 atom stereocenters. The number of hydrogen-bond acceptors (Lipinski definition) is 5. The van der Waals surface area contributed by atoms with Crippen molar-refractivity contribution in [3.8, 4) is 0 Å². The molecule has 2 aromatic rings. The van der Waals surface area contributed by atoms with Crippen molar-refractivity contribution in [2.45, 2.75) is 37.6 Å². The minimum Gasteiger partial charge on any atom is -0.459 e. The predicted molar refractivity (Wildman–Crippen MR) is 108 cm³/mol. The Labute approximate surface area is 172 Å². The molecule has 9 nitrogen and oxygen atoms in total. The van der Waals surface area contributed by atoms with Gasteiger partial charge in [0.1, 0.15) is 5.54 Å². The summed E-state index contributed by atoms with van der Waals surface area (Å²) in [4.78, 5) is 50.1. The number of furan rings is 1. The van der Waals surface area contributed by atoms with E-state index in [-0.39, 0.29) is 36.4 Å². The zero-order valence-corrected chi connectivity index (χ0v) is 16.3. The number of imide groups is 1. The number of nitrogens with one attached hydrogen (secondary N) is 3. The molecule has 156 valence electrons. The summed E-state index contributed by atoms with van der Waals surface area (Å²) >= 11 is 0. The van der Waals surface area contributed by atoms with E-state index in [1.54, 1.807) is 36.4 Å². The van der Waals surface area contributed by atoms with Crippen LogP contribution in [0.4, 0.5) is 16.2 Å². The summed E-state index contributed by atoms with van der Waals surface area (Å²) in [7, 11) is 0. The van der Waals surface area contributed by atoms with E-state index in [1.165, 1.54) is 6.26 Å². The molecule has 1 aliphatic carbocycles. The Morgan fingerprint density at radius 2 is 1.70 bits per heavy atom. The summed E-state index contributed by atoms with van der Waals surface area (Å²) in [6.45, 7) is 0.0372. The first-order chi connectivity index (χ1) is 14.5. The van der Waals surface area contributed by atoms with E-state index in [0.29, 0.717) is 24.2 Å². The first-order valence-electron chi connectivity index (χ1n) is 9.86. The first kappa shape index (κ1) is 19.7. The van der Waals surface area contributed by atoms with Crippen molar-refractivity contribution in [1.29, 1.82) is 0 Å². The van der Waals surface area contributed by atoms with E-state index >= 15 is 0 Å². The number of amides is 5. The van der Waals surface area contributed by atoms with E-state index in [0.717, 1.165) is 17.7 Å². The van der Waals surface area contributed by atoms with Gasteiger partial charge in [-0.05, 0) is 49.2 Å². The smallest absolute Gasteiger partial charge is 0.325 e. The number of anilines is 2. The number of rotatable bonds is 6. The fourth-order valence-electron chi connectivity index (χ4n) is 3.87. The maximum absolute atomic E-state index is 12.6. The van der Waals surface area contributed by atoms with Gasteiger partial charge < -0.3 is 20.4 Å². The van der Waals surface area contributed by atoms with Crippen molar-refractivity contribution in [3.63, 3.8) is 0 Å². The lowest BCUT2D eigenvalue weighted by atomic mass is 9.98. The number of carbonyl (C=O) groups is 4. The number of urea groups is 1. The van der Waals surface area contributed by atoms with Crippen molar-refractivity contribution in [2.24, 2.45) is 0 Å². The summed E-state index contributed by atoms with van der Waals surface area (Å²) in [5, 5.41) is 8.21. The highest BCUT2D eigenvalue weighted by atomic mass is 16.3. The van der Waals surface area contributed by atoms with E-state index in [9.17, 15) is 19.2 Å². The van der Waals surface area contributed by atoms with Crippen molar-refractivity contribution in [1.82, 2.24) is 10.2 Å². The topological polar surface area (TPSA) is 121 Å². The maximum atomic E-state index is 12.6. The van der Waals surface area contributed by atoms with Gasteiger partial charge in [0.2, 0.25) is 5.91 Å². The number of hydrogen-bond donors (Lipinski definition) is 3. The molecular formula is C21H22N4O5. The van der Waals surface area contributed by atoms with Crippen LogP contribution in [0, 0.1) is 0 Å². The predicted octanol–water partition coefficient (Wildman–Crippen LogP) is 2.73. The Bertz CT molecular complexity index is 962. The molecule has 9 heteroatoms. The van der Waals surface area contributed by atoms with Crippen LogP contribution in [0.25, 0.3) is 0 Å². The Balaban J connectivity index is 1.27. The SMILES string of the molecule is O=C(CCN1C(=O)NC2(CCCC2)C1=O)Nc1ccc(NC(=O)c2ccco2)cc1. The largest absolute Gasteiger partial charge is 0.459 e. The zero-order valence-electron chi connectivity index (χ0n) is 16.3. The summed E-state index contributed by atoms with van der Waals surface area (Å²) in [5.74, 6) is -0.706. The molecule has 4 rings (SSSR count). The van der Waals surface area contributed by atoms with Gasteiger partial charge in [-0.25, -0.2) is 4.79 Å². The van der Waals surface area contributed by atoms with Gasteiger partial charge in [-0.3, -0.25) is 19.3 Å². The van der Waals surface area contributed by atoms with Gasteiger partial charge in [-0.2, -0.15) is 0 Å². The monoisotopic (exact) mass is 410 g/mol. The lowest BCUT2D eigenvalue weighted by Crippen LogP contribution is -2.44. The van der Waals surface area contributed by atoms with Gasteiger partial charge >= 0.3 is 6.03 Å². The fraction of sp³-hybridized carbons (Fsp3) is 0.333. The van der Waals surface area contributed by atoms with Crippen LogP contribution in [0.3, 0.4) is 0 Å². The molecule has 2 aliphatic rings. The average Bonchev–Trinajstić information content (AvgIpc) is 3.46. The number of benzene rings is 1. The molecule has 1 aromatic carbocycles. The summed E-state index contributed by atoms with van der Waals surface area (Å²) < 4.78 is 5.03. The van der Waals surface area contributed by atoms with Crippen LogP contribution in [0.2, 0.25) is 0 Å². The van der Waals surface area contributed by atoms with E-state index < -0.39 is 11.6 Å². The summed E-state index contributed by atoms with van der Waals surface area (Å²) in [5.41, 5.74) is 0.333. The molecule has 0 bridgehead atoms. The van der Waals surface area contributed by atoms with Crippen LogP contribution >= 0.6 is 0 Å². The molecule has 3 N–H and O–H groups in total. The second-order valence-electron chi connectivity index (χ2n) is 7.48. The van der Waals surface area contributed by atoms with Crippen molar-refractivity contribution in [3.05, 3.63) is 48.4 Å². The molecule has 1 aromatic heterocycles. The van der Waals surface area contributed by atoms with E-state index in [1.807, 2.05) is 0 Å². The van der Waals surface area contributed by atoms with Crippen molar-refractivity contribution < 1.29 is 23.6 Å². The van der Waals surface area contributed by atoms with Gasteiger partial charge in [-0.1, -0.05) is 12.8 Å². The van der Waals surface area contributed by atoms with Gasteiger partial charge in [0.25, 0.3) is 11.8 Å². The minimum absolute atomic E-state index is 0.00617. The van der Waals surface area contributed by atoms with Crippen LogP contribution in [-0.4, -0.2) is 40.7 Å².